The fourth-order valence-corrected chi connectivity index (χ4v) is 8.32. The zero-order valence-corrected chi connectivity index (χ0v) is 26.0. The number of carbonyl (C=O) groups is 2. The van der Waals surface area contributed by atoms with E-state index in [1.165, 1.54) is 6.07 Å². The van der Waals surface area contributed by atoms with Crippen molar-refractivity contribution >= 4 is 51.8 Å². The predicted octanol–water partition coefficient (Wildman–Crippen LogP) is 7.83. The normalized spacial score (nSPS) is 22.6. The Balaban J connectivity index is 0.00000351. The van der Waals surface area contributed by atoms with Gasteiger partial charge in [0.25, 0.3) is 0 Å². The highest BCUT2D eigenvalue weighted by Crippen LogP contribution is 2.65. The number of carbonyl (C=O) groups excluding carboxylic acids is 1. The molecular formula is C36H31Cl2FN4O4. The number of rotatable bonds is 6. The van der Waals surface area contributed by atoms with Crippen LogP contribution in [0.2, 0.25) is 10.0 Å². The highest BCUT2D eigenvalue weighted by molar-refractivity contribution is 6.31. The molecule has 0 bridgehead atoms. The molecule has 1 aromatic heterocycles. The summed E-state index contributed by atoms with van der Waals surface area (Å²) < 4.78 is 24.2. The Morgan fingerprint density at radius 3 is 2.70 bits per heavy atom. The van der Waals surface area contributed by atoms with E-state index in [1.54, 1.807) is 42.5 Å². The molecule has 5 aromatic rings. The lowest BCUT2D eigenvalue weighted by Crippen LogP contribution is -2.52. The molecule has 1 fully saturated rings. The SMILES string of the molecule is C.CCOc1cccc(CN2[C@H]3Cn4c(nc5cc(C(=O)O)ccc54)[C@H]3[C@H](c3cccc(Cl)c3F)[C@]23C(=O)Nc2cc(Cl)ccc23)c1. The Labute approximate surface area is 280 Å². The van der Waals surface area contributed by atoms with E-state index in [9.17, 15) is 14.7 Å². The van der Waals surface area contributed by atoms with Gasteiger partial charge in [0.2, 0.25) is 5.91 Å². The molecule has 3 aliphatic heterocycles. The molecule has 11 heteroatoms. The second-order valence-electron chi connectivity index (χ2n) is 11.9. The van der Waals surface area contributed by atoms with Crippen LogP contribution in [0.5, 0.6) is 5.75 Å². The number of fused-ring (bicyclic) bond motifs is 7. The molecule has 3 aliphatic rings. The number of imidazole rings is 1. The number of benzene rings is 4. The van der Waals surface area contributed by atoms with Crippen molar-refractivity contribution in [2.24, 2.45) is 0 Å². The molecule has 4 atom stereocenters. The van der Waals surface area contributed by atoms with Gasteiger partial charge in [-0.05, 0) is 66.6 Å². The van der Waals surface area contributed by atoms with E-state index >= 15 is 4.39 Å². The van der Waals surface area contributed by atoms with E-state index in [4.69, 9.17) is 32.9 Å². The third-order valence-electron chi connectivity index (χ3n) is 9.64. The number of hydrogen-bond acceptors (Lipinski definition) is 5. The number of carboxylic acid groups (broad SMARTS) is 1. The molecule has 2 N–H and O–H groups in total. The van der Waals surface area contributed by atoms with Crippen LogP contribution in [0.4, 0.5) is 10.1 Å². The van der Waals surface area contributed by atoms with Crippen LogP contribution in [-0.2, 0) is 23.4 Å². The number of ether oxygens (including phenoxy) is 1. The van der Waals surface area contributed by atoms with Crippen molar-refractivity contribution in [2.75, 3.05) is 11.9 Å². The summed E-state index contributed by atoms with van der Waals surface area (Å²) in [5.74, 6) is -1.78. The number of nitrogens with one attached hydrogen (secondary N) is 1. The summed E-state index contributed by atoms with van der Waals surface area (Å²) in [6.07, 6.45) is 0. The number of nitrogens with zero attached hydrogens (tertiary/aromatic N) is 3. The molecular weight excluding hydrogens is 642 g/mol. The van der Waals surface area contributed by atoms with Crippen LogP contribution >= 0.6 is 23.2 Å². The first-order valence-corrected chi connectivity index (χ1v) is 15.7. The summed E-state index contributed by atoms with van der Waals surface area (Å²) >= 11 is 12.8. The summed E-state index contributed by atoms with van der Waals surface area (Å²) in [5, 5.41) is 13.1. The third kappa shape index (κ3) is 4.47. The van der Waals surface area contributed by atoms with Crippen molar-refractivity contribution in [2.45, 2.75) is 50.9 Å². The Bertz CT molecular complexity index is 2100. The molecule has 0 aliphatic carbocycles. The summed E-state index contributed by atoms with van der Waals surface area (Å²) in [5.41, 5.74) is 2.55. The first-order chi connectivity index (χ1) is 22.2. The summed E-state index contributed by atoms with van der Waals surface area (Å²) in [7, 11) is 0. The third-order valence-corrected chi connectivity index (χ3v) is 10.2. The van der Waals surface area contributed by atoms with Gasteiger partial charge in [0, 0.05) is 47.2 Å². The number of hydrogen-bond donors (Lipinski definition) is 2. The lowest BCUT2D eigenvalue weighted by molar-refractivity contribution is -0.128. The minimum absolute atomic E-state index is 0. The van der Waals surface area contributed by atoms with E-state index in [-0.39, 0.29) is 30.0 Å². The average Bonchev–Trinajstić information content (AvgIpc) is 3.72. The zero-order chi connectivity index (χ0) is 31.9. The fourth-order valence-electron chi connectivity index (χ4n) is 7.97. The maximum atomic E-state index is 16.3. The average molecular weight is 674 g/mol. The van der Waals surface area contributed by atoms with Gasteiger partial charge in [0.05, 0.1) is 28.2 Å². The molecule has 8 rings (SSSR count). The van der Waals surface area contributed by atoms with Crippen molar-refractivity contribution in [1.82, 2.24) is 14.5 Å². The quantitative estimate of drug-likeness (QED) is 0.191. The van der Waals surface area contributed by atoms with Crippen LogP contribution in [-0.4, -0.2) is 44.1 Å². The van der Waals surface area contributed by atoms with E-state index in [1.807, 2.05) is 37.3 Å². The van der Waals surface area contributed by atoms with Crippen LogP contribution < -0.4 is 10.1 Å². The number of carboxylic acids is 1. The van der Waals surface area contributed by atoms with Gasteiger partial charge in [-0.2, -0.15) is 0 Å². The molecule has 1 amide bonds. The van der Waals surface area contributed by atoms with Gasteiger partial charge >= 0.3 is 5.97 Å². The summed E-state index contributed by atoms with van der Waals surface area (Å²) in [6.45, 7) is 3.23. The van der Waals surface area contributed by atoms with Gasteiger partial charge in [0.1, 0.15) is 22.9 Å². The van der Waals surface area contributed by atoms with Crippen molar-refractivity contribution in [3.8, 4) is 5.75 Å². The minimum atomic E-state index is -1.36. The monoisotopic (exact) mass is 672 g/mol. The molecule has 240 valence electrons. The topological polar surface area (TPSA) is 96.7 Å². The molecule has 8 nitrogen and oxygen atoms in total. The van der Waals surface area contributed by atoms with E-state index in [0.29, 0.717) is 58.6 Å². The largest absolute Gasteiger partial charge is 0.494 e. The first kappa shape index (κ1) is 31.2. The summed E-state index contributed by atoms with van der Waals surface area (Å²) in [6, 6.07) is 22.5. The first-order valence-electron chi connectivity index (χ1n) is 15.0. The number of halogens is 3. The van der Waals surface area contributed by atoms with Gasteiger partial charge < -0.3 is 19.7 Å². The van der Waals surface area contributed by atoms with E-state index < -0.39 is 29.2 Å². The highest BCUT2D eigenvalue weighted by atomic mass is 35.5. The lowest BCUT2D eigenvalue weighted by Gasteiger charge is -2.40. The second kappa shape index (κ2) is 11.4. The molecule has 1 spiro atoms. The van der Waals surface area contributed by atoms with Gasteiger partial charge in [0.15, 0.2) is 0 Å². The fraction of sp³-hybridized carbons (Fsp3) is 0.250. The zero-order valence-electron chi connectivity index (χ0n) is 24.5. The molecule has 4 heterocycles. The van der Waals surface area contributed by atoms with Crippen molar-refractivity contribution in [1.29, 1.82) is 0 Å². The number of likely N-dealkylation sites (tertiary alicyclic amines) is 1. The number of aromatic nitrogens is 2. The Hall–Kier alpha value is -4.44. The Morgan fingerprint density at radius 2 is 1.91 bits per heavy atom. The predicted molar refractivity (Wildman–Crippen MR) is 179 cm³/mol. The molecule has 47 heavy (non-hydrogen) atoms. The minimum Gasteiger partial charge on any atom is -0.494 e. The van der Waals surface area contributed by atoms with Crippen molar-refractivity contribution < 1.29 is 23.8 Å². The molecule has 4 aromatic carbocycles. The lowest BCUT2D eigenvalue weighted by atomic mass is 9.71. The van der Waals surface area contributed by atoms with Gasteiger partial charge in [-0.1, -0.05) is 61.0 Å². The smallest absolute Gasteiger partial charge is 0.335 e. The van der Waals surface area contributed by atoms with Crippen LogP contribution in [0.25, 0.3) is 11.0 Å². The van der Waals surface area contributed by atoms with Crippen molar-refractivity contribution in [3.63, 3.8) is 0 Å². The number of anilines is 1. The highest BCUT2D eigenvalue weighted by Gasteiger charge is 2.69. The number of amides is 1. The summed E-state index contributed by atoms with van der Waals surface area (Å²) in [4.78, 5) is 33.6. The van der Waals surface area contributed by atoms with Gasteiger partial charge in [-0.3, -0.25) is 9.69 Å². The molecule has 0 saturated carbocycles. The molecule has 0 unspecified atom stereocenters. The van der Waals surface area contributed by atoms with Crippen LogP contribution in [0.3, 0.4) is 0 Å². The Kier molecular flexibility index (Phi) is 7.54. The molecule has 0 radical (unpaired) electrons. The van der Waals surface area contributed by atoms with E-state index in [0.717, 1.165) is 11.1 Å². The number of aromatic carboxylic acids is 1. The Morgan fingerprint density at radius 1 is 1.11 bits per heavy atom. The van der Waals surface area contributed by atoms with Crippen LogP contribution in [0, 0.1) is 5.82 Å². The van der Waals surface area contributed by atoms with E-state index in [2.05, 4.69) is 14.8 Å². The van der Waals surface area contributed by atoms with Crippen LogP contribution in [0.1, 0.15) is 59.1 Å². The van der Waals surface area contributed by atoms with Crippen molar-refractivity contribution in [3.05, 3.63) is 123 Å². The second-order valence-corrected chi connectivity index (χ2v) is 12.8. The maximum absolute atomic E-state index is 16.3. The molecule has 1 saturated heterocycles. The van der Waals surface area contributed by atoms with Gasteiger partial charge in [-0.15, -0.1) is 0 Å². The standard InChI is InChI=1S/C35H27Cl2FN4O4.CH4/c1-2-46-21-6-3-5-18(13-21)16-42-28-17-41-27-12-9-19(33(43)44)14-26(27)39-32(41)29(28)30(22-7-4-8-24(37)31(22)38)35(42)23-11-10-20(36)15-25(23)40-34(35)45;/h3-15,28-30H,2,16-17H2,1H3,(H,40,45)(H,43,44);1H4/t28-,29+,30-,35+;/m0./s1. The van der Waals surface area contributed by atoms with Crippen LogP contribution in [0.15, 0.2) is 78.9 Å². The van der Waals surface area contributed by atoms with Gasteiger partial charge in [-0.25, -0.2) is 14.2 Å². The maximum Gasteiger partial charge on any atom is 0.335 e.